The topological polar surface area (TPSA) is 56.6 Å². The summed E-state index contributed by atoms with van der Waals surface area (Å²) in [6.45, 7) is 6.59. The molecule has 1 saturated heterocycles. The first-order valence-electron chi connectivity index (χ1n) is 9.94. The minimum absolute atomic E-state index is 0.0364. The van der Waals surface area contributed by atoms with E-state index in [0.717, 1.165) is 18.7 Å². The first kappa shape index (κ1) is 20.7. The van der Waals surface area contributed by atoms with Crippen LogP contribution in [0.1, 0.15) is 25.8 Å². The lowest BCUT2D eigenvalue weighted by atomic mass is 10.1. The van der Waals surface area contributed by atoms with Crippen LogP contribution in [-0.2, 0) is 4.79 Å². The molecule has 0 N–H and O–H groups in total. The van der Waals surface area contributed by atoms with E-state index >= 15 is 0 Å². The largest absolute Gasteiger partial charge is 0.479 e. The zero-order chi connectivity index (χ0) is 20.8. The summed E-state index contributed by atoms with van der Waals surface area (Å²) >= 11 is 0. The number of nitriles is 1. The van der Waals surface area contributed by atoms with Crippen LogP contribution >= 0.6 is 0 Å². The van der Waals surface area contributed by atoms with Gasteiger partial charge in [-0.25, -0.2) is 4.39 Å². The molecular weight excluding hydrogens is 369 g/mol. The molecule has 1 unspecified atom stereocenters. The zero-order valence-electron chi connectivity index (χ0n) is 16.8. The smallest absolute Gasteiger partial charge is 0.263 e. The van der Waals surface area contributed by atoms with Crippen molar-refractivity contribution in [1.29, 1.82) is 5.26 Å². The third kappa shape index (κ3) is 5.05. The van der Waals surface area contributed by atoms with Crippen LogP contribution in [0.15, 0.2) is 48.5 Å². The standard InChI is InChI=1S/C23H26FN3O2/c1-17(2)22(29-21-7-4-3-6-18(21)16-25)23(28)27-13-5-12-26(14-15-27)20-10-8-19(24)9-11-20/h3-4,6-11,17,22H,5,12-15H2,1-2H3. The number of hydrogen-bond donors (Lipinski definition) is 0. The molecule has 2 aromatic carbocycles. The average Bonchev–Trinajstić information content (AvgIpc) is 2.98. The van der Waals surface area contributed by atoms with Crippen LogP contribution in [0.2, 0.25) is 0 Å². The maximum absolute atomic E-state index is 13.2. The molecule has 6 heteroatoms. The third-order valence-corrected chi connectivity index (χ3v) is 5.11. The number of ether oxygens (including phenoxy) is 1. The van der Waals surface area contributed by atoms with E-state index in [2.05, 4.69) is 11.0 Å². The number of halogens is 1. The van der Waals surface area contributed by atoms with Gasteiger partial charge in [0.15, 0.2) is 6.10 Å². The van der Waals surface area contributed by atoms with Crippen molar-refractivity contribution >= 4 is 11.6 Å². The Morgan fingerprint density at radius 1 is 1.07 bits per heavy atom. The number of carbonyl (C=O) groups excluding carboxylic acids is 1. The van der Waals surface area contributed by atoms with Crippen molar-refractivity contribution in [3.8, 4) is 11.8 Å². The number of anilines is 1. The van der Waals surface area contributed by atoms with Gasteiger partial charge in [-0.1, -0.05) is 26.0 Å². The van der Waals surface area contributed by atoms with E-state index < -0.39 is 6.10 Å². The van der Waals surface area contributed by atoms with Crippen LogP contribution in [0, 0.1) is 23.1 Å². The predicted molar refractivity (Wildman–Crippen MR) is 110 cm³/mol. The first-order valence-corrected chi connectivity index (χ1v) is 9.94. The second kappa shape index (κ2) is 9.42. The van der Waals surface area contributed by atoms with Gasteiger partial charge in [0.05, 0.1) is 5.56 Å². The number of para-hydroxylation sites is 1. The second-order valence-electron chi connectivity index (χ2n) is 7.53. The molecule has 29 heavy (non-hydrogen) atoms. The fraction of sp³-hybridized carbons (Fsp3) is 0.391. The van der Waals surface area contributed by atoms with Gasteiger partial charge in [0.2, 0.25) is 0 Å². The summed E-state index contributed by atoms with van der Waals surface area (Å²) < 4.78 is 19.2. The Kier molecular flexibility index (Phi) is 6.71. The summed E-state index contributed by atoms with van der Waals surface area (Å²) in [4.78, 5) is 17.2. The van der Waals surface area contributed by atoms with E-state index in [1.807, 2.05) is 18.7 Å². The van der Waals surface area contributed by atoms with Gasteiger partial charge < -0.3 is 14.5 Å². The van der Waals surface area contributed by atoms with Crippen LogP contribution < -0.4 is 9.64 Å². The van der Waals surface area contributed by atoms with Crippen LogP contribution in [0.25, 0.3) is 0 Å². The van der Waals surface area contributed by atoms with Crippen molar-refractivity contribution in [2.75, 3.05) is 31.1 Å². The number of benzene rings is 2. The van der Waals surface area contributed by atoms with Gasteiger partial charge in [-0.3, -0.25) is 4.79 Å². The van der Waals surface area contributed by atoms with E-state index in [0.29, 0.717) is 30.9 Å². The van der Waals surface area contributed by atoms with Gasteiger partial charge in [0.1, 0.15) is 17.6 Å². The molecule has 1 heterocycles. The number of nitrogens with zero attached hydrogens (tertiary/aromatic N) is 3. The van der Waals surface area contributed by atoms with Gasteiger partial charge in [-0.15, -0.1) is 0 Å². The summed E-state index contributed by atoms with van der Waals surface area (Å²) in [7, 11) is 0. The molecule has 0 radical (unpaired) electrons. The second-order valence-corrected chi connectivity index (χ2v) is 7.53. The molecule has 0 spiro atoms. The highest BCUT2D eigenvalue weighted by Gasteiger charge is 2.30. The molecule has 0 aliphatic carbocycles. The molecule has 1 atom stereocenters. The lowest BCUT2D eigenvalue weighted by Gasteiger charge is -2.29. The van der Waals surface area contributed by atoms with Crippen molar-refractivity contribution in [3.05, 3.63) is 59.9 Å². The minimum Gasteiger partial charge on any atom is -0.479 e. The molecule has 1 aliphatic rings. The fourth-order valence-corrected chi connectivity index (χ4v) is 3.50. The Labute approximate surface area is 171 Å². The highest BCUT2D eigenvalue weighted by atomic mass is 19.1. The van der Waals surface area contributed by atoms with Crippen molar-refractivity contribution in [1.82, 2.24) is 4.90 Å². The van der Waals surface area contributed by atoms with Gasteiger partial charge >= 0.3 is 0 Å². The minimum atomic E-state index is -0.651. The predicted octanol–water partition coefficient (Wildman–Crippen LogP) is 3.84. The Morgan fingerprint density at radius 3 is 2.48 bits per heavy atom. The molecule has 1 fully saturated rings. The SMILES string of the molecule is CC(C)C(Oc1ccccc1C#N)C(=O)N1CCCN(c2ccc(F)cc2)CC1. The molecule has 1 amide bonds. The molecule has 1 aliphatic heterocycles. The normalized spacial score (nSPS) is 15.6. The van der Waals surface area contributed by atoms with Crippen LogP contribution in [0.5, 0.6) is 5.75 Å². The van der Waals surface area contributed by atoms with Crippen molar-refractivity contribution < 1.29 is 13.9 Å². The molecular formula is C23H26FN3O2. The summed E-state index contributed by atoms with van der Waals surface area (Å²) in [6.07, 6.45) is 0.171. The van der Waals surface area contributed by atoms with E-state index in [-0.39, 0.29) is 17.6 Å². The molecule has 0 bridgehead atoms. The van der Waals surface area contributed by atoms with Crippen LogP contribution in [-0.4, -0.2) is 43.1 Å². The molecule has 5 nitrogen and oxygen atoms in total. The molecule has 2 aromatic rings. The Morgan fingerprint density at radius 2 is 1.79 bits per heavy atom. The maximum atomic E-state index is 13.2. The number of amides is 1. The van der Waals surface area contributed by atoms with Crippen LogP contribution in [0.3, 0.4) is 0 Å². The van der Waals surface area contributed by atoms with Crippen molar-refractivity contribution in [2.45, 2.75) is 26.4 Å². The average molecular weight is 395 g/mol. The summed E-state index contributed by atoms with van der Waals surface area (Å²) in [6, 6.07) is 15.5. The summed E-state index contributed by atoms with van der Waals surface area (Å²) in [5, 5.41) is 9.29. The van der Waals surface area contributed by atoms with E-state index in [4.69, 9.17) is 4.74 Å². The molecule has 152 valence electrons. The Hall–Kier alpha value is -3.07. The van der Waals surface area contributed by atoms with Crippen LogP contribution in [0.4, 0.5) is 10.1 Å². The molecule has 0 aromatic heterocycles. The summed E-state index contributed by atoms with van der Waals surface area (Å²) in [5.74, 6) is 0.0826. The quantitative estimate of drug-likeness (QED) is 0.772. The Balaban J connectivity index is 1.70. The van der Waals surface area contributed by atoms with Crippen molar-refractivity contribution in [2.24, 2.45) is 5.92 Å². The van der Waals surface area contributed by atoms with E-state index in [1.165, 1.54) is 12.1 Å². The van der Waals surface area contributed by atoms with Gasteiger partial charge in [-0.2, -0.15) is 5.26 Å². The number of carbonyl (C=O) groups is 1. The summed E-state index contributed by atoms with van der Waals surface area (Å²) in [5.41, 5.74) is 1.38. The number of rotatable bonds is 5. The Bertz CT molecular complexity index is 876. The lowest BCUT2D eigenvalue weighted by Crippen LogP contribution is -2.46. The van der Waals surface area contributed by atoms with Gasteiger partial charge in [0, 0.05) is 31.9 Å². The maximum Gasteiger partial charge on any atom is 0.263 e. The number of hydrogen-bond acceptors (Lipinski definition) is 4. The highest BCUT2D eigenvalue weighted by molar-refractivity contribution is 5.81. The lowest BCUT2D eigenvalue weighted by molar-refractivity contribution is -0.140. The van der Waals surface area contributed by atoms with E-state index in [9.17, 15) is 14.4 Å². The van der Waals surface area contributed by atoms with E-state index in [1.54, 1.807) is 36.4 Å². The molecule has 3 rings (SSSR count). The zero-order valence-corrected chi connectivity index (χ0v) is 16.8. The van der Waals surface area contributed by atoms with Crippen molar-refractivity contribution in [3.63, 3.8) is 0 Å². The van der Waals surface area contributed by atoms with Gasteiger partial charge in [-0.05, 0) is 48.7 Å². The molecule has 0 saturated carbocycles. The fourth-order valence-electron chi connectivity index (χ4n) is 3.50. The monoisotopic (exact) mass is 395 g/mol. The van der Waals surface area contributed by atoms with Gasteiger partial charge in [0.25, 0.3) is 5.91 Å². The first-order chi connectivity index (χ1) is 14.0. The highest BCUT2D eigenvalue weighted by Crippen LogP contribution is 2.23. The third-order valence-electron chi connectivity index (χ3n) is 5.11.